The number of hydrogen-bond acceptors (Lipinski definition) is 2. The Balaban J connectivity index is 1.98. The zero-order valence-electron chi connectivity index (χ0n) is 13.7. The van der Waals surface area contributed by atoms with Crippen molar-refractivity contribution in [3.05, 3.63) is 64.1 Å². The molecule has 4 heteroatoms. The number of ether oxygens (including phenoxy) is 1. The van der Waals surface area contributed by atoms with Gasteiger partial charge in [0.1, 0.15) is 5.75 Å². The molecule has 0 saturated heterocycles. The average Bonchev–Trinajstić information content (AvgIpc) is 2.55. The molecular weight excluding hydrogens is 354 g/mol. The van der Waals surface area contributed by atoms with Crippen LogP contribution in [0.1, 0.15) is 37.4 Å². The predicted octanol–water partition coefficient (Wildman–Crippen LogP) is 4.79. The molecule has 2 rings (SSSR count). The predicted molar refractivity (Wildman–Crippen MR) is 96.6 cm³/mol. The first-order chi connectivity index (χ1) is 11.0. The SMILES string of the molecule is CC[C@H](NC(=O)[C@@H](C)Oc1ccc(Br)cc1)c1ccc(C)cc1. The maximum absolute atomic E-state index is 12.4. The van der Waals surface area contributed by atoms with Crippen LogP contribution in [0.15, 0.2) is 53.0 Å². The maximum atomic E-state index is 12.4. The summed E-state index contributed by atoms with van der Waals surface area (Å²) in [5.41, 5.74) is 2.32. The van der Waals surface area contributed by atoms with Gasteiger partial charge in [-0.05, 0) is 50.1 Å². The molecule has 0 heterocycles. The van der Waals surface area contributed by atoms with E-state index in [-0.39, 0.29) is 11.9 Å². The highest BCUT2D eigenvalue weighted by molar-refractivity contribution is 9.10. The van der Waals surface area contributed by atoms with Gasteiger partial charge in [0.05, 0.1) is 6.04 Å². The molecule has 1 amide bonds. The molecule has 1 N–H and O–H groups in total. The molecule has 0 bridgehead atoms. The van der Waals surface area contributed by atoms with E-state index in [1.807, 2.05) is 24.3 Å². The number of aryl methyl sites for hydroxylation is 1. The summed E-state index contributed by atoms with van der Waals surface area (Å²) in [6.07, 6.45) is 0.287. The fourth-order valence-corrected chi connectivity index (χ4v) is 2.54. The molecule has 3 nitrogen and oxygen atoms in total. The largest absolute Gasteiger partial charge is 0.481 e. The van der Waals surface area contributed by atoms with Crippen molar-refractivity contribution in [2.24, 2.45) is 0 Å². The third-order valence-corrected chi connectivity index (χ3v) is 4.23. The summed E-state index contributed by atoms with van der Waals surface area (Å²) in [7, 11) is 0. The van der Waals surface area contributed by atoms with Crippen LogP contribution in [0.25, 0.3) is 0 Å². The van der Waals surface area contributed by atoms with Crippen LogP contribution < -0.4 is 10.1 Å². The zero-order chi connectivity index (χ0) is 16.8. The van der Waals surface area contributed by atoms with E-state index in [1.54, 1.807) is 6.92 Å². The number of carbonyl (C=O) groups is 1. The van der Waals surface area contributed by atoms with E-state index in [2.05, 4.69) is 59.4 Å². The van der Waals surface area contributed by atoms with Crippen molar-refractivity contribution in [1.29, 1.82) is 0 Å². The van der Waals surface area contributed by atoms with Crippen LogP contribution in [-0.4, -0.2) is 12.0 Å². The molecular formula is C19H22BrNO2. The second-order valence-corrected chi connectivity index (χ2v) is 6.51. The lowest BCUT2D eigenvalue weighted by atomic mass is 10.0. The Kier molecular flexibility index (Phi) is 6.22. The number of halogens is 1. The van der Waals surface area contributed by atoms with Crippen LogP contribution in [-0.2, 0) is 4.79 Å². The molecule has 0 saturated carbocycles. The molecule has 0 aliphatic heterocycles. The summed E-state index contributed by atoms with van der Waals surface area (Å²) in [5, 5.41) is 3.06. The number of hydrogen-bond donors (Lipinski definition) is 1. The van der Waals surface area contributed by atoms with Crippen molar-refractivity contribution in [1.82, 2.24) is 5.32 Å². The van der Waals surface area contributed by atoms with Gasteiger partial charge < -0.3 is 10.1 Å². The Bertz CT molecular complexity index is 637. The fourth-order valence-electron chi connectivity index (χ4n) is 2.28. The summed E-state index contributed by atoms with van der Waals surface area (Å²) in [5.74, 6) is 0.569. The molecule has 2 atom stereocenters. The highest BCUT2D eigenvalue weighted by Crippen LogP contribution is 2.19. The minimum atomic E-state index is -0.546. The third kappa shape index (κ3) is 5.10. The molecule has 0 aliphatic rings. The van der Waals surface area contributed by atoms with Gasteiger partial charge in [0.2, 0.25) is 0 Å². The molecule has 0 fully saturated rings. The van der Waals surface area contributed by atoms with Gasteiger partial charge >= 0.3 is 0 Å². The highest BCUT2D eigenvalue weighted by Gasteiger charge is 2.19. The monoisotopic (exact) mass is 375 g/mol. The molecule has 122 valence electrons. The van der Waals surface area contributed by atoms with Gasteiger partial charge in [-0.3, -0.25) is 4.79 Å². The van der Waals surface area contributed by atoms with Gasteiger partial charge in [-0.25, -0.2) is 0 Å². The molecule has 0 aromatic heterocycles. The lowest BCUT2D eigenvalue weighted by Gasteiger charge is -2.21. The van der Waals surface area contributed by atoms with E-state index < -0.39 is 6.10 Å². The molecule has 23 heavy (non-hydrogen) atoms. The van der Waals surface area contributed by atoms with Crippen LogP contribution in [0, 0.1) is 6.92 Å². The number of benzene rings is 2. The molecule has 2 aromatic carbocycles. The van der Waals surface area contributed by atoms with Gasteiger partial charge in [0.15, 0.2) is 6.10 Å². The fraction of sp³-hybridized carbons (Fsp3) is 0.316. The zero-order valence-corrected chi connectivity index (χ0v) is 15.3. The second kappa shape index (κ2) is 8.16. The molecule has 2 aromatic rings. The van der Waals surface area contributed by atoms with Crippen molar-refractivity contribution < 1.29 is 9.53 Å². The van der Waals surface area contributed by atoms with Crippen LogP contribution >= 0.6 is 15.9 Å². The quantitative estimate of drug-likeness (QED) is 0.787. The first kappa shape index (κ1) is 17.5. The summed E-state index contributed by atoms with van der Waals surface area (Å²) in [6.45, 7) is 5.88. The molecule has 0 unspecified atom stereocenters. The summed E-state index contributed by atoms with van der Waals surface area (Å²) in [4.78, 5) is 12.4. The number of rotatable bonds is 6. The third-order valence-electron chi connectivity index (χ3n) is 3.70. The van der Waals surface area contributed by atoms with Crippen molar-refractivity contribution >= 4 is 21.8 Å². The number of carbonyl (C=O) groups excluding carboxylic acids is 1. The minimum Gasteiger partial charge on any atom is -0.481 e. The van der Waals surface area contributed by atoms with Crippen LogP contribution in [0.5, 0.6) is 5.75 Å². The van der Waals surface area contributed by atoms with Crippen molar-refractivity contribution in [3.8, 4) is 5.75 Å². The topological polar surface area (TPSA) is 38.3 Å². The van der Waals surface area contributed by atoms with E-state index >= 15 is 0 Å². The van der Waals surface area contributed by atoms with Crippen LogP contribution in [0.3, 0.4) is 0 Å². The Labute approximate surface area is 146 Å². The van der Waals surface area contributed by atoms with Gasteiger partial charge in [0, 0.05) is 4.47 Å². The van der Waals surface area contributed by atoms with Crippen molar-refractivity contribution in [3.63, 3.8) is 0 Å². The number of amides is 1. The summed E-state index contributed by atoms with van der Waals surface area (Å²) < 4.78 is 6.68. The normalized spacial score (nSPS) is 13.2. The number of nitrogens with one attached hydrogen (secondary N) is 1. The summed E-state index contributed by atoms with van der Waals surface area (Å²) >= 11 is 3.38. The lowest BCUT2D eigenvalue weighted by molar-refractivity contribution is -0.128. The lowest BCUT2D eigenvalue weighted by Crippen LogP contribution is -2.38. The van der Waals surface area contributed by atoms with Gasteiger partial charge in [0.25, 0.3) is 5.91 Å². The summed E-state index contributed by atoms with van der Waals surface area (Å²) in [6, 6.07) is 15.7. The standard InChI is InChI=1S/C19H22BrNO2/c1-4-18(15-7-5-13(2)6-8-15)21-19(22)14(3)23-17-11-9-16(20)10-12-17/h5-12,14,18H,4H2,1-3H3,(H,21,22)/t14-,18+/m1/s1. The smallest absolute Gasteiger partial charge is 0.261 e. The van der Waals surface area contributed by atoms with Crippen LogP contribution in [0.4, 0.5) is 0 Å². The molecule has 0 spiro atoms. The highest BCUT2D eigenvalue weighted by atomic mass is 79.9. The van der Waals surface area contributed by atoms with E-state index in [0.29, 0.717) is 5.75 Å². The van der Waals surface area contributed by atoms with Gasteiger partial charge in [-0.15, -0.1) is 0 Å². The minimum absolute atomic E-state index is 0.000863. The van der Waals surface area contributed by atoms with Crippen molar-refractivity contribution in [2.45, 2.75) is 39.3 Å². The van der Waals surface area contributed by atoms with E-state index in [0.717, 1.165) is 16.5 Å². The Morgan fingerprint density at radius 2 is 1.74 bits per heavy atom. The van der Waals surface area contributed by atoms with Crippen molar-refractivity contribution in [2.75, 3.05) is 0 Å². The van der Waals surface area contributed by atoms with E-state index in [9.17, 15) is 4.79 Å². The van der Waals surface area contributed by atoms with Gasteiger partial charge in [-0.2, -0.15) is 0 Å². The van der Waals surface area contributed by atoms with Crippen LogP contribution in [0.2, 0.25) is 0 Å². The Morgan fingerprint density at radius 1 is 1.13 bits per heavy atom. The van der Waals surface area contributed by atoms with Gasteiger partial charge in [-0.1, -0.05) is 52.7 Å². The Morgan fingerprint density at radius 3 is 2.30 bits per heavy atom. The Hall–Kier alpha value is -1.81. The first-order valence-corrected chi connectivity index (χ1v) is 8.58. The molecule has 0 aliphatic carbocycles. The average molecular weight is 376 g/mol. The maximum Gasteiger partial charge on any atom is 0.261 e. The van der Waals surface area contributed by atoms with E-state index in [1.165, 1.54) is 5.56 Å². The molecule has 0 radical (unpaired) electrons. The second-order valence-electron chi connectivity index (χ2n) is 5.59. The first-order valence-electron chi connectivity index (χ1n) is 7.78. The van der Waals surface area contributed by atoms with E-state index in [4.69, 9.17) is 4.74 Å².